The van der Waals surface area contributed by atoms with Crippen LogP contribution in [0.3, 0.4) is 0 Å². The highest BCUT2D eigenvalue weighted by molar-refractivity contribution is 6.35. The molecule has 0 aliphatic rings. The Morgan fingerprint density at radius 1 is 1.35 bits per heavy atom. The third kappa shape index (κ3) is 3.12. The van der Waals surface area contributed by atoms with Gasteiger partial charge in [0, 0.05) is 16.5 Å². The minimum absolute atomic E-state index is 0.295. The molecule has 2 aromatic rings. The summed E-state index contributed by atoms with van der Waals surface area (Å²) in [7, 11) is 0. The average Bonchev–Trinajstić information content (AvgIpc) is 2.71. The summed E-state index contributed by atoms with van der Waals surface area (Å²) in [6.07, 6.45) is 0.489. The fourth-order valence-electron chi connectivity index (χ4n) is 1.34. The minimum atomic E-state index is -0.295. The second-order valence-corrected chi connectivity index (χ2v) is 5.08. The van der Waals surface area contributed by atoms with Crippen LogP contribution in [0.2, 0.25) is 10.0 Å². The summed E-state index contributed by atoms with van der Waals surface area (Å²) in [5.74, 6) is 0.962. The highest BCUT2D eigenvalue weighted by atomic mass is 35.5. The minimum Gasteiger partial charge on any atom is -0.338 e. The molecule has 3 nitrogen and oxygen atoms in total. The molecule has 1 atom stereocenters. The molecule has 0 bridgehead atoms. The van der Waals surface area contributed by atoms with Crippen LogP contribution in [0.25, 0.3) is 0 Å². The lowest BCUT2D eigenvalue weighted by Crippen LogP contribution is -1.92. The number of benzene rings is 1. The van der Waals surface area contributed by atoms with Gasteiger partial charge < -0.3 is 4.52 Å². The van der Waals surface area contributed by atoms with Gasteiger partial charge in [0.2, 0.25) is 5.89 Å². The predicted octanol–water partition coefficient (Wildman–Crippen LogP) is 4.27. The molecule has 17 heavy (non-hydrogen) atoms. The van der Waals surface area contributed by atoms with E-state index in [2.05, 4.69) is 10.1 Å². The maximum absolute atomic E-state index is 6.05. The highest BCUT2D eigenvalue weighted by Gasteiger charge is 2.12. The summed E-state index contributed by atoms with van der Waals surface area (Å²) in [4.78, 5) is 4.17. The van der Waals surface area contributed by atoms with Gasteiger partial charge in [0.1, 0.15) is 5.38 Å². The van der Waals surface area contributed by atoms with Gasteiger partial charge in [-0.2, -0.15) is 4.98 Å². The van der Waals surface area contributed by atoms with Gasteiger partial charge in [0.05, 0.1) is 0 Å². The topological polar surface area (TPSA) is 38.9 Å². The summed E-state index contributed by atoms with van der Waals surface area (Å²) in [6, 6.07) is 5.29. The Hall–Kier alpha value is -0.770. The molecule has 0 aliphatic carbocycles. The maximum Gasteiger partial charge on any atom is 0.244 e. The first kappa shape index (κ1) is 12.7. The average molecular weight is 292 g/mol. The zero-order chi connectivity index (χ0) is 12.4. The Kier molecular flexibility index (Phi) is 3.92. The Morgan fingerprint density at radius 2 is 2.12 bits per heavy atom. The monoisotopic (exact) mass is 290 g/mol. The SMILES string of the molecule is CC(Cl)c1nc(Cc2ccc(Cl)cc2Cl)no1. The molecular weight excluding hydrogens is 282 g/mol. The van der Waals surface area contributed by atoms with Gasteiger partial charge in [0.25, 0.3) is 0 Å². The van der Waals surface area contributed by atoms with E-state index in [-0.39, 0.29) is 5.38 Å². The van der Waals surface area contributed by atoms with Crippen molar-refractivity contribution in [1.29, 1.82) is 0 Å². The van der Waals surface area contributed by atoms with Crippen molar-refractivity contribution < 1.29 is 4.52 Å². The zero-order valence-corrected chi connectivity index (χ0v) is 11.2. The van der Waals surface area contributed by atoms with E-state index in [0.717, 1.165) is 5.56 Å². The van der Waals surface area contributed by atoms with Crippen molar-refractivity contribution in [3.63, 3.8) is 0 Å². The fraction of sp³-hybridized carbons (Fsp3) is 0.273. The standard InChI is InChI=1S/C11H9Cl3N2O/c1-6(12)11-15-10(16-17-11)4-7-2-3-8(13)5-9(7)14/h2-3,5-6H,4H2,1H3. The van der Waals surface area contributed by atoms with Crippen LogP contribution in [0, 0.1) is 0 Å². The van der Waals surface area contributed by atoms with Gasteiger partial charge in [-0.05, 0) is 24.6 Å². The van der Waals surface area contributed by atoms with Crippen LogP contribution in [0.1, 0.15) is 29.6 Å². The van der Waals surface area contributed by atoms with Gasteiger partial charge in [-0.15, -0.1) is 11.6 Å². The fourth-order valence-corrected chi connectivity index (χ4v) is 1.90. The van der Waals surface area contributed by atoms with Crippen molar-refractivity contribution in [1.82, 2.24) is 10.1 Å². The number of rotatable bonds is 3. The van der Waals surface area contributed by atoms with Crippen LogP contribution in [0.4, 0.5) is 0 Å². The number of hydrogen-bond acceptors (Lipinski definition) is 3. The van der Waals surface area contributed by atoms with Crippen LogP contribution in [0.5, 0.6) is 0 Å². The van der Waals surface area contributed by atoms with Crippen LogP contribution in [0.15, 0.2) is 22.7 Å². The van der Waals surface area contributed by atoms with Gasteiger partial charge in [-0.3, -0.25) is 0 Å². The van der Waals surface area contributed by atoms with Gasteiger partial charge in [0.15, 0.2) is 5.82 Å². The van der Waals surface area contributed by atoms with Crippen LogP contribution in [-0.2, 0) is 6.42 Å². The van der Waals surface area contributed by atoms with Crippen LogP contribution in [-0.4, -0.2) is 10.1 Å². The molecule has 2 rings (SSSR count). The summed E-state index contributed by atoms with van der Waals surface area (Å²) in [6.45, 7) is 1.77. The molecular formula is C11H9Cl3N2O. The molecule has 1 unspecified atom stereocenters. The first-order valence-corrected chi connectivity index (χ1v) is 6.16. The van der Waals surface area contributed by atoms with Crippen molar-refractivity contribution >= 4 is 34.8 Å². The summed E-state index contributed by atoms with van der Waals surface area (Å²) in [5.41, 5.74) is 0.894. The highest BCUT2D eigenvalue weighted by Crippen LogP contribution is 2.23. The molecule has 1 aromatic heterocycles. The zero-order valence-electron chi connectivity index (χ0n) is 8.95. The van der Waals surface area contributed by atoms with Crippen molar-refractivity contribution in [3.05, 3.63) is 45.5 Å². The molecule has 1 heterocycles. The van der Waals surface area contributed by atoms with E-state index in [1.54, 1.807) is 19.1 Å². The van der Waals surface area contributed by atoms with E-state index in [0.29, 0.717) is 28.2 Å². The molecule has 0 N–H and O–H groups in total. The number of alkyl halides is 1. The van der Waals surface area contributed by atoms with Crippen LogP contribution < -0.4 is 0 Å². The Bertz CT molecular complexity index is 525. The second-order valence-electron chi connectivity index (χ2n) is 3.58. The third-order valence-electron chi connectivity index (χ3n) is 2.19. The van der Waals surface area contributed by atoms with E-state index in [1.807, 2.05) is 6.07 Å². The smallest absolute Gasteiger partial charge is 0.244 e. The van der Waals surface area contributed by atoms with E-state index in [9.17, 15) is 0 Å². The first-order chi connectivity index (χ1) is 8.06. The van der Waals surface area contributed by atoms with E-state index < -0.39 is 0 Å². The van der Waals surface area contributed by atoms with E-state index in [4.69, 9.17) is 39.3 Å². The number of nitrogens with zero attached hydrogens (tertiary/aromatic N) is 2. The normalized spacial score (nSPS) is 12.7. The Morgan fingerprint density at radius 3 is 2.71 bits per heavy atom. The largest absolute Gasteiger partial charge is 0.338 e. The molecule has 90 valence electrons. The molecule has 1 aromatic carbocycles. The predicted molar refractivity (Wildman–Crippen MR) is 67.8 cm³/mol. The van der Waals surface area contributed by atoms with E-state index >= 15 is 0 Å². The van der Waals surface area contributed by atoms with Gasteiger partial charge in [-0.25, -0.2) is 0 Å². The van der Waals surface area contributed by atoms with Crippen molar-refractivity contribution in [3.8, 4) is 0 Å². The number of halogens is 3. The first-order valence-electron chi connectivity index (χ1n) is 4.96. The maximum atomic E-state index is 6.05. The van der Waals surface area contributed by atoms with E-state index in [1.165, 1.54) is 0 Å². The van der Waals surface area contributed by atoms with Gasteiger partial charge in [-0.1, -0.05) is 34.4 Å². The number of aromatic nitrogens is 2. The molecule has 0 fully saturated rings. The quantitative estimate of drug-likeness (QED) is 0.793. The lowest BCUT2D eigenvalue weighted by atomic mass is 10.1. The van der Waals surface area contributed by atoms with Crippen LogP contribution >= 0.6 is 34.8 Å². The Labute approximate surface area is 114 Å². The molecule has 0 amide bonds. The van der Waals surface area contributed by atoms with Gasteiger partial charge >= 0.3 is 0 Å². The number of hydrogen-bond donors (Lipinski definition) is 0. The summed E-state index contributed by atoms with van der Waals surface area (Å²) < 4.78 is 5.00. The molecule has 0 saturated carbocycles. The summed E-state index contributed by atoms with van der Waals surface area (Å²) in [5, 5.41) is 4.72. The summed E-state index contributed by atoms with van der Waals surface area (Å²) >= 11 is 17.7. The molecule has 6 heteroatoms. The van der Waals surface area contributed by atoms with Crippen molar-refractivity contribution in [2.24, 2.45) is 0 Å². The second kappa shape index (κ2) is 5.25. The lowest BCUT2D eigenvalue weighted by molar-refractivity contribution is 0.374. The lowest BCUT2D eigenvalue weighted by Gasteiger charge is -2.00. The van der Waals surface area contributed by atoms with Crippen molar-refractivity contribution in [2.45, 2.75) is 18.7 Å². The molecule has 0 radical (unpaired) electrons. The molecule has 0 saturated heterocycles. The molecule has 0 spiro atoms. The Balaban J connectivity index is 2.19. The molecule has 0 aliphatic heterocycles. The third-order valence-corrected chi connectivity index (χ3v) is 2.96. The van der Waals surface area contributed by atoms with Crippen molar-refractivity contribution in [2.75, 3.05) is 0 Å².